The average Bonchev–Trinajstić information content (AvgIpc) is 1.61. The van der Waals surface area contributed by atoms with Gasteiger partial charge in [-0.15, -0.1) is 0 Å². The van der Waals surface area contributed by atoms with Gasteiger partial charge in [-0.2, -0.15) is 0 Å². The van der Waals surface area contributed by atoms with Gasteiger partial charge in [-0.3, -0.25) is 0 Å². The SMILES string of the molecule is C#CC[Se]CC. The first-order chi connectivity index (χ1) is 2.91. The molecule has 6 heavy (non-hydrogen) atoms. The Morgan fingerprint density at radius 3 is 2.67 bits per heavy atom. The first kappa shape index (κ1) is 6.08. The molecule has 0 aromatic carbocycles. The predicted molar refractivity (Wildman–Crippen MR) is 29.9 cm³/mol. The second-order valence-corrected chi connectivity index (χ2v) is 3.51. The fourth-order valence-corrected chi connectivity index (χ4v) is 0.837. The Morgan fingerprint density at radius 1 is 1.83 bits per heavy atom. The van der Waals surface area contributed by atoms with E-state index in [2.05, 4.69) is 12.8 Å². The summed E-state index contributed by atoms with van der Waals surface area (Å²) in [6.07, 6.45) is 4.98. The maximum absolute atomic E-state index is 4.98. The summed E-state index contributed by atoms with van der Waals surface area (Å²) in [5.41, 5.74) is 0. The molecule has 0 aliphatic carbocycles. The van der Waals surface area contributed by atoms with Crippen molar-refractivity contribution in [3.63, 3.8) is 0 Å². The van der Waals surface area contributed by atoms with Crippen LogP contribution in [0.1, 0.15) is 6.92 Å². The van der Waals surface area contributed by atoms with Crippen LogP contribution in [0.2, 0.25) is 10.6 Å². The van der Waals surface area contributed by atoms with Crippen LogP contribution < -0.4 is 0 Å². The number of terminal acetylenes is 1. The molecule has 0 unspecified atom stereocenters. The Hall–Kier alpha value is 0.0795. The van der Waals surface area contributed by atoms with Gasteiger partial charge in [0.1, 0.15) is 0 Å². The fraction of sp³-hybridized carbons (Fsp3) is 0.600. The summed E-state index contributed by atoms with van der Waals surface area (Å²) in [5.74, 6) is 2.60. The van der Waals surface area contributed by atoms with Crippen molar-refractivity contribution >= 4 is 15.0 Å². The third-order valence-corrected chi connectivity index (χ3v) is 2.02. The van der Waals surface area contributed by atoms with Crippen molar-refractivity contribution in [2.75, 3.05) is 0 Å². The van der Waals surface area contributed by atoms with E-state index in [9.17, 15) is 0 Å². The summed E-state index contributed by atoms with van der Waals surface area (Å²) in [6, 6.07) is 0. The van der Waals surface area contributed by atoms with Crippen molar-refractivity contribution in [2.45, 2.75) is 17.6 Å². The van der Waals surface area contributed by atoms with E-state index in [0.29, 0.717) is 0 Å². The topological polar surface area (TPSA) is 0 Å². The van der Waals surface area contributed by atoms with E-state index in [0.717, 1.165) is 20.3 Å². The van der Waals surface area contributed by atoms with E-state index >= 15 is 0 Å². The van der Waals surface area contributed by atoms with Crippen LogP contribution in [0, 0.1) is 12.3 Å². The van der Waals surface area contributed by atoms with E-state index in [1.165, 1.54) is 5.32 Å². The Balaban J connectivity index is 2.54. The molecular weight excluding hydrogens is 139 g/mol. The molecule has 0 rings (SSSR count). The Kier molecular flexibility index (Phi) is 5.15. The number of hydrogen-bond donors (Lipinski definition) is 0. The quantitative estimate of drug-likeness (QED) is 0.312. The third kappa shape index (κ3) is 4.08. The molecule has 0 amide bonds. The molecule has 0 aromatic heterocycles. The molecule has 0 aliphatic rings. The molecule has 0 aliphatic heterocycles. The Labute approximate surface area is 45.5 Å². The normalized spacial score (nSPS) is 7.33. The van der Waals surface area contributed by atoms with Gasteiger partial charge in [0.25, 0.3) is 0 Å². The average molecular weight is 147 g/mol. The minimum atomic E-state index is 0.731. The van der Waals surface area contributed by atoms with Gasteiger partial charge in [-0.1, -0.05) is 0 Å². The minimum absolute atomic E-state index is 0.731. The van der Waals surface area contributed by atoms with Crippen LogP contribution in [0.5, 0.6) is 0 Å². The molecule has 0 radical (unpaired) electrons. The predicted octanol–water partition coefficient (Wildman–Crippen LogP) is 1.18. The summed E-state index contributed by atoms with van der Waals surface area (Å²) >= 11 is 0.731. The summed E-state index contributed by atoms with van der Waals surface area (Å²) in [5, 5.41) is 2.28. The second-order valence-electron chi connectivity index (χ2n) is 0.841. The van der Waals surface area contributed by atoms with Gasteiger partial charge in [-0.25, -0.2) is 0 Å². The Bertz CT molecular complexity index is 51.4. The van der Waals surface area contributed by atoms with Gasteiger partial charge >= 0.3 is 44.9 Å². The summed E-state index contributed by atoms with van der Waals surface area (Å²) in [4.78, 5) is 0. The van der Waals surface area contributed by atoms with Crippen molar-refractivity contribution in [2.24, 2.45) is 0 Å². The van der Waals surface area contributed by atoms with E-state index < -0.39 is 0 Å². The van der Waals surface area contributed by atoms with E-state index in [1.54, 1.807) is 0 Å². The zero-order valence-electron chi connectivity index (χ0n) is 3.90. The second kappa shape index (κ2) is 5.08. The van der Waals surface area contributed by atoms with Crippen molar-refractivity contribution in [1.82, 2.24) is 0 Å². The molecule has 0 aromatic rings. The third-order valence-electron chi connectivity index (χ3n) is 0.390. The summed E-state index contributed by atoms with van der Waals surface area (Å²) in [6.45, 7) is 2.16. The van der Waals surface area contributed by atoms with Crippen molar-refractivity contribution < 1.29 is 0 Å². The van der Waals surface area contributed by atoms with Gasteiger partial charge in [0.15, 0.2) is 0 Å². The van der Waals surface area contributed by atoms with E-state index in [4.69, 9.17) is 6.42 Å². The first-order valence-electron chi connectivity index (χ1n) is 1.93. The number of hydrogen-bond acceptors (Lipinski definition) is 0. The standard InChI is InChI=1S/C5H8Se/c1-3-5-6-4-2/h1H,4-5H2,2H3. The summed E-state index contributed by atoms with van der Waals surface area (Å²) < 4.78 is 0. The zero-order valence-corrected chi connectivity index (χ0v) is 5.61. The van der Waals surface area contributed by atoms with Gasteiger partial charge in [0.2, 0.25) is 0 Å². The molecule has 0 bridgehead atoms. The van der Waals surface area contributed by atoms with Crippen LogP contribution in [0.3, 0.4) is 0 Å². The first-order valence-corrected chi connectivity index (χ1v) is 4.35. The molecule has 0 fully saturated rings. The molecular formula is C5H8Se. The monoisotopic (exact) mass is 148 g/mol. The van der Waals surface area contributed by atoms with Crippen LogP contribution >= 0.6 is 0 Å². The zero-order chi connectivity index (χ0) is 4.83. The molecule has 1 heteroatoms. The van der Waals surface area contributed by atoms with Crippen LogP contribution in [0.4, 0.5) is 0 Å². The van der Waals surface area contributed by atoms with Crippen molar-refractivity contribution in [3.8, 4) is 12.3 Å². The number of rotatable bonds is 2. The molecule has 0 saturated carbocycles. The Morgan fingerprint density at radius 2 is 2.50 bits per heavy atom. The summed E-state index contributed by atoms with van der Waals surface area (Å²) in [7, 11) is 0. The van der Waals surface area contributed by atoms with E-state index in [-0.39, 0.29) is 0 Å². The van der Waals surface area contributed by atoms with Crippen LogP contribution in [-0.4, -0.2) is 15.0 Å². The van der Waals surface area contributed by atoms with Crippen LogP contribution in [0.25, 0.3) is 0 Å². The van der Waals surface area contributed by atoms with Crippen LogP contribution in [0.15, 0.2) is 0 Å². The molecule has 0 nitrogen and oxygen atoms in total. The van der Waals surface area contributed by atoms with Gasteiger partial charge < -0.3 is 0 Å². The molecule has 34 valence electrons. The van der Waals surface area contributed by atoms with Crippen LogP contribution in [-0.2, 0) is 0 Å². The molecule has 0 saturated heterocycles. The molecule has 0 spiro atoms. The fourth-order valence-electron chi connectivity index (χ4n) is 0.161. The van der Waals surface area contributed by atoms with Gasteiger partial charge in [0, 0.05) is 0 Å². The van der Waals surface area contributed by atoms with E-state index in [1.807, 2.05) is 0 Å². The van der Waals surface area contributed by atoms with Gasteiger partial charge in [-0.05, 0) is 0 Å². The van der Waals surface area contributed by atoms with Crippen molar-refractivity contribution in [3.05, 3.63) is 0 Å². The molecule has 0 heterocycles. The molecule has 0 N–H and O–H groups in total. The van der Waals surface area contributed by atoms with Crippen molar-refractivity contribution in [1.29, 1.82) is 0 Å². The maximum atomic E-state index is 4.98. The molecule has 0 atom stereocenters. The van der Waals surface area contributed by atoms with Gasteiger partial charge in [0.05, 0.1) is 0 Å².